The van der Waals surface area contributed by atoms with Crippen LogP contribution >= 0.6 is 31.9 Å². The molecule has 1 nitrogen and oxygen atoms in total. The number of hydrogen-bond donors (Lipinski definition) is 0. The smallest absolute Gasteiger partial charge is 0.0361 e. The number of rotatable bonds is 4. The molecule has 0 atom stereocenters. The average molecular weight is 433 g/mol. The Bertz CT molecular complexity index is 672. The van der Waals surface area contributed by atoms with E-state index in [0.29, 0.717) is 0 Å². The van der Waals surface area contributed by atoms with Crippen LogP contribution in [0.15, 0.2) is 84.9 Å². The number of benzene rings is 3. The van der Waals surface area contributed by atoms with Gasteiger partial charge in [-0.15, -0.1) is 24.0 Å². The van der Waals surface area contributed by atoms with Crippen LogP contribution in [0.3, 0.4) is 0 Å². The number of halogens is 1. The van der Waals surface area contributed by atoms with Gasteiger partial charge in [0.05, 0.1) is 0 Å². The Hall–Kier alpha value is -1.38. The fourth-order valence-electron chi connectivity index (χ4n) is 2.50. The zero-order valence-electron chi connectivity index (χ0n) is 13.4. The molecule has 3 heteroatoms. The van der Waals surface area contributed by atoms with E-state index in [1.807, 2.05) is 0 Å². The highest BCUT2D eigenvalue weighted by Gasteiger charge is 2.15. The summed E-state index contributed by atoms with van der Waals surface area (Å²) in [5, 5.41) is 4.17. The number of anilines is 1. The van der Waals surface area contributed by atoms with E-state index >= 15 is 0 Å². The van der Waals surface area contributed by atoms with Gasteiger partial charge in [0.1, 0.15) is 0 Å². The Morgan fingerprint density at radius 3 is 1.35 bits per heavy atom. The van der Waals surface area contributed by atoms with Crippen LogP contribution in [0.1, 0.15) is 0 Å². The molecule has 0 saturated heterocycles. The maximum atomic E-state index is 2.26. The van der Waals surface area contributed by atoms with E-state index in [-0.39, 0.29) is 24.0 Å². The Labute approximate surface area is 157 Å². The van der Waals surface area contributed by atoms with Crippen LogP contribution in [0, 0.1) is 0 Å². The summed E-state index contributed by atoms with van der Waals surface area (Å²) >= 11 is 0. The third-order valence-corrected chi connectivity index (χ3v) is 6.10. The summed E-state index contributed by atoms with van der Waals surface area (Å²) in [6.45, 7) is 0. The van der Waals surface area contributed by atoms with Crippen molar-refractivity contribution >= 4 is 53.5 Å². The van der Waals surface area contributed by atoms with Crippen LogP contribution in [-0.4, -0.2) is 14.1 Å². The Kier molecular flexibility index (Phi) is 6.61. The lowest BCUT2D eigenvalue weighted by Crippen LogP contribution is -2.20. The lowest BCUT2D eigenvalue weighted by atomic mass is 10.3. The monoisotopic (exact) mass is 433 g/mol. The van der Waals surface area contributed by atoms with Crippen LogP contribution in [0.4, 0.5) is 5.69 Å². The van der Waals surface area contributed by atoms with E-state index in [4.69, 9.17) is 0 Å². The van der Waals surface area contributed by atoms with Crippen molar-refractivity contribution in [1.29, 1.82) is 0 Å². The molecule has 0 saturated carbocycles. The molecule has 0 fully saturated rings. The van der Waals surface area contributed by atoms with Crippen molar-refractivity contribution < 1.29 is 0 Å². The Balaban J connectivity index is 0.00000192. The lowest BCUT2D eigenvalue weighted by Gasteiger charge is -2.20. The van der Waals surface area contributed by atoms with Gasteiger partial charge in [-0.25, -0.2) is 0 Å². The van der Waals surface area contributed by atoms with Gasteiger partial charge in [-0.3, -0.25) is 0 Å². The molecule has 0 amide bonds. The van der Waals surface area contributed by atoms with Crippen molar-refractivity contribution in [2.75, 3.05) is 19.0 Å². The standard InChI is InChI=1S/C20H20NP.HI/c1-21(2)17-13-15-20(16-14-17)22(18-9-5-3-6-10-18)19-11-7-4-8-12-19;/h3-16H,1-2H3;1H. The van der Waals surface area contributed by atoms with E-state index in [9.17, 15) is 0 Å². The summed E-state index contributed by atoms with van der Waals surface area (Å²) in [6, 6.07) is 30.5. The second-order valence-corrected chi connectivity index (χ2v) is 7.64. The van der Waals surface area contributed by atoms with Gasteiger partial charge in [0.25, 0.3) is 0 Å². The molecule has 0 heterocycles. The second kappa shape index (κ2) is 8.47. The molecule has 0 radical (unpaired) electrons. The lowest BCUT2D eigenvalue weighted by molar-refractivity contribution is 1.13. The van der Waals surface area contributed by atoms with Crippen molar-refractivity contribution in [3.63, 3.8) is 0 Å². The van der Waals surface area contributed by atoms with Crippen molar-refractivity contribution in [3.8, 4) is 0 Å². The molecule has 3 aromatic rings. The molecule has 0 aromatic heterocycles. The predicted octanol–water partition coefficient (Wildman–Crippen LogP) is 4.13. The zero-order valence-corrected chi connectivity index (χ0v) is 16.6. The normalized spacial score (nSPS) is 10.2. The van der Waals surface area contributed by atoms with E-state index in [1.54, 1.807) is 0 Å². The molecule has 0 aliphatic carbocycles. The first-order chi connectivity index (χ1) is 10.8. The maximum absolute atomic E-state index is 2.26. The van der Waals surface area contributed by atoms with Crippen molar-refractivity contribution in [1.82, 2.24) is 0 Å². The van der Waals surface area contributed by atoms with Gasteiger partial charge < -0.3 is 4.90 Å². The average Bonchev–Trinajstić information content (AvgIpc) is 2.57. The first-order valence-corrected chi connectivity index (χ1v) is 8.77. The van der Waals surface area contributed by atoms with Crippen LogP contribution in [-0.2, 0) is 0 Å². The van der Waals surface area contributed by atoms with Crippen LogP contribution < -0.4 is 20.8 Å². The van der Waals surface area contributed by atoms with Crippen molar-refractivity contribution in [2.24, 2.45) is 0 Å². The molecule has 0 spiro atoms. The highest BCUT2D eigenvalue weighted by molar-refractivity contribution is 14.0. The molecule has 0 aliphatic rings. The van der Waals surface area contributed by atoms with Crippen LogP contribution in [0.2, 0.25) is 0 Å². The first-order valence-electron chi connectivity index (χ1n) is 7.43. The summed E-state index contributed by atoms with van der Waals surface area (Å²) in [6.07, 6.45) is 0. The van der Waals surface area contributed by atoms with Gasteiger partial charge in [-0.1, -0.05) is 72.8 Å². The van der Waals surface area contributed by atoms with E-state index < -0.39 is 7.92 Å². The third kappa shape index (κ3) is 4.33. The summed E-state index contributed by atoms with van der Waals surface area (Å²) in [7, 11) is 3.66. The summed E-state index contributed by atoms with van der Waals surface area (Å²) in [5.74, 6) is 0. The van der Waals surface area contributed by atoms with Crippen molar-refractivity contribution in [3.05, 3.63) is 84.9 Å². The predicted molar refractivity (Wildman–Crippen MR) is 115 cm³/mol. The summed E-state index contributed by atoms with van der Waals surface area (Å²) in [4.78, 5) is 2.14. The molecular weight excluding hydrogens is 412 g/mol. The Morgan fingerprint density at radius 1 is 0.565 bits per heavy atom. The minimum absolute atomic E-state index is 0. The molecule has 118 valence electrons. The fourth-order valence-corrected chi connectivity index (χ4v) is 4.78. The third-order valence-electron chi connectivity index (χ3n) is 3.65. The molecule has 3 rings (SSSR count). The largest absolute Gasteiger partial charge is 0.378 e. The number of nitrogens with zero attached hydrogens (tertiary/aromatic N) is 1. The van der Waals surface area contributed by atoms with Gasteiger partial charge in [-0.2, -0.15) is 0 Å². The van der Waals surface area contributed by atoms with E-state index in [2.05, 4.69) is 104 Å². The molecule has 0 aliphatic heterocycles. The SMILES string of the molecule is CN(C)c1ccc(P(c2ccccc2)c2ccccc2)cc1.I. The first kappa shape index (κ1) is 18.0. The minimum atomic E-state index is -0.496. The van der Waals surface area contributed by atoms with Gasteiger partial charge >= 0.3 is 0 Å². The molecule has 23 heavy (non-hydrogen) atoms. The second-order valence-electron chi connectivity index (χ2n) is 5.42. The number of hydrogen-bond acceptors (Lipinski definition) is 1. The zero-order chi connectivity index (χ0) is 15.4. The van der Waals surface area contributed by atoms with Crippen LogP contribution in [0.25, 0.3) is 0 Å². The molecular formula is C20H21INP. The fraction of sp³-hybridized carbons (Fsp3) is 0.100. The van der Waals surface area contributed by atoms with Gasteiger partial charge in [0, 0.05) is 19.8 Å². The molecule has 0 bridgehead atoms. The van der Waals surface area contributed by atoms with Crippen molar-refractivity contribution in [2.45, 2.75) is 0 Å². The van der Waals surface area contributed by atoms with Gasteiger partial charge in [0.2, 0.25) is 0 Å². The van der Waals surface area contributed by atoms with Gasteiger partial charge in [-0.05, 0) is 36.0 Å². The highest BCUT2D eigenvalue weighted by atomic mass is 127. The Morgan fingerprint density at radius 2 is 0.957 bits per heavy atom. The van der Waals surface area contributed by atoms with Gasteiger partial charge in [0.15, 0.2) is 0 Å². The maximum Gasteiger partial charge on any atom is 0.0361 e. The quantitative estimate of drug-likeness (QED) is 0.442. The molecule has 0 N–H and O–H groups in total. The summed E-state index contributed by atoms with van der Waals surface area (Å²) < 4.78 is 0. The van der Waals surface area contributed by atoms with Crippen LogP contribution in [0.5, 0.6) is 0 Å². The van der Waals surface area contributed by atoms with E-state index in [0.717, 1.165) is 0 Å². The topological polar surface area (TPSA) is 3.24 Å². The summed E-state index contributed by atoms with van der Waals surface area (Å²) in [5.41, 5.74) is 1.24. The minimum Gasteiger partial charge on any atom is -0.378 e. The highest BCUT2D eigenvalue weighted by Crippen LogP contribution is 2.32. The molecule has 0 unspecified atom stereocenters. The molecule has 3 aromatic carbocycles. The van der Waals surface area contributed by atoms with E-state index in [1.165, 1.54) is 21.6 Å².